The lowest BCUT2D eigenvalue weighted by Gasteiger charge is -2.25. The summed E-state index contributed by atoms with van der Waals surface area (Å²) in [5.74, 6) is -0.853. The molecule has 0 aliphatic carbocycles. The van der Waals surface area contributed by atoms with E-state index in [0.29, 0.717) is 24.1 Å². The molecule has 1 heterocycles. The molecule has 0 bridgehead atoms. The Kier molecular flexibility index (Phi) is 5.08. The molecule has 0 aromatic heterocycles. The first-order chi connectivity index (χ1) is 10.4. The normalized spacial score (nSPS) is 24.5. The van der Waals surface area contributed by atoms with Crippen molar-refractivity contribution >= 4 is 16.0 Å². The third-order valence-electron chi connectivity index (χ3n) is 3.82. The van der Waals surface area contributed by atoms with Gasteiger partial charge in [0.15, 0.2) is 12.0 Å². The van der Waals surface area contributed by atoms with Crippen LogP contribution in [0.15, 0.2) is 24.3 Å². The molecule has 0 radical (unpaired) electrons. The van der Waals surface area contributed by atoms with E-state index < -0.39 is 28.4 Å². The molecule has 2 rings (SSSR count). The number of hydrogen-bond donors (Lipinski definition) is 2. The Balaban J connectivity index is 2.37. The highest BCUT2D eigenvalue weighted by Gasteiger charge is 2.48. The Labute approximate surface area is 131 Å². The van der Waals surface area contributed by atoms with Gasteiger partial charge in [-0.25, -0.2) is 0 Å². The predicted octanol–water partition coefficient (Wildman–Crippen LogP) is 1.68. The van der Waals surface area contributed by atoms with Crippen LogP contribution in [0, 0.1) is 0 Å². The van der Waals surface area contributed by atoms with Crippen molar-refractivity contribution in [1.82, 2.24) is 4.72 Å². The standard InChI is InChI=1S/C14H22N2O5S/c1-4-14(5-2)20-12(10-8-6-7-9-11(10)15)13(21-14)16-22(17,18)19-3/h6-9,12-13,16H,4-5,15H2,1-3H3. The van der Waals surface area contributed by atoms with E-state index in [4.69, 9.17) is 15.2 Å². The lowest BCUT2D eigenvalue weighted by molar-refractivity contribution is -0.180. The molecule has 2 unspecified atom stereocenters. The topological polar surface area (TPSA) is 99.9 Å². The van der Waals surface area contributed by atoms with Crippen LogP contribution >= 0.6 is 0 Å². The van der Waals surface area contributed by atoms with E-state index in [0.717, 1.165) is 7.11 Å². The van der Waals surface area contributed by atoms with Gasteiger partial charge in [0, 0.05) is 11.3 Å². The maximum Gasteiger partial charge on any atom is 0.337 e. The number of hydrogen-bond acceptors (Lipinski definition) is 6. The fourth-order valence-corrected chi connectivity index (χ4v) is 3.02. The van der Waals surface area contributed by atoms with Crippen LogP contribution in [0.1, 0.15) is 38.4 Å². The predicted molar refractivity (Wildman–Crippen MR) is 81.9 cm³/mol. The summed E-state index contributed by atoms with van der Waals surface area (Å²) in [5.41, 5.74) is 7.18. The molecule has 1 aromatic carbocycles. The van der Waals surface area contributed by atoms with Gasteiger partial charge in [-0.2, -0.15) is 13.1 Å². The molecule has 2 atom stereocenters. The average molecular weight is 330 g/mol. The zero-order valence-electron chi connectivity index (χ0n) is 12.9. The molecule has 8 heteroatoms. The summed E-state index contributed by atoms with van der Waals surface area (Å²) in [5, 5.41) is 0. The molecule has 0 amide bonds. The number of ether oxygens (including phenoxy) is 2. The molecule has 7 nitrogen and oxygen atoms in total. The second-order valence-corrected chi connectivity index (χ2v) is 6.54. The van der Waals surface area contributed by atoms with Crippen LogP contribution in [-0.4, -0.2) is 27.5 Å². The molecular weight excluding hydrogens is 308 g/mol. The average Bonchev–Trinajstić information content (AvgIpc) is 2.86. The van der Waals surface area contributed by atoms with Gasteiger partial charge in [0.2, 0.25) is 0 Å². The van der Waals surface area contributed by atoms with E-state index in [1.807, 2.05) is 19.9 Å². The summed E-state index contributed by atoms with van der Waals surface area (Å²) in [7, 11) is -2.84. The molecule has 1 aliphatic heterocycles. The molecule has 0 spiro atoms. The minimum atomic E-state index is -3.92. The molecule has 1 saturated heterocycles. The second-order valence-electron chi connectivity index (χ2n) is 5.06. The van der Waals surface area contributed by atoms with Crippen molar-refractivity contribution in [3.63, 3.8) is 0 Å². The summed E-state index contributed by atoms with van der Waals surface area (Å²) in [6.45, 7) is 3.84. The van der Waals surface area contributed by atoms with E-state index in [1.54, 1.807) is 18.2 Å². The van der Waals surface area contributed by atoms with Crippen molar-refractivity contribution in [2.24, 2.45) is 0 Å². The molecule has 1 fully saturated rings. The SMILES string of the molecule is CCC1(CC)OC(NS(=O)(=O)OC)C(c2ccccc2N)O1. The summed E-state index contributed by atoms with van der Waals surface area (Å²) in [6.07, 6.45) is -0.392. The van der Waals surface area contributed by atoms with Crippen molar-refractivity contribution < 1.29 is 22.1 Å². The zero-order chi connectivity index (χ0) is 16.4. The summed E-state index contributed by atoms with van der Waals surface area (Å²) >= 11 is 0. The maximum absolute atomic E-state index is 11.7. The van der Waals surface area contributed by atoms with Crippen LogP contribution in [0.4, 0.5) is 5.69 Å². The molecule has 1 aromatic rings. The lowest BCUT2D eigenvalue weighted by Crippen LogP contribution is -2.40. The molecule has 3 N–H and O–H groups in total. The smallest absolute Gasteiger partial charge is 0.337 e. The van der Waals surface area contributed by atoms with Crippen LogP contribution in [-0.2, 0) is 24.0 Å². The Hall–Kier alpha value is -1.19. The van der Waals surface area contributed by atoms with Crippen molar-refractivity contribution in [2.45, 2.75) is 44.8 Å². The van der Waals surface area contributed by atoms with Gasteiger partial charge in [-0.1, -0.05) is 32.0 Å². The monoisotopic (exact) mass is 330 g/mol. The van der Waals surface area contributed by atoms with Gasteiger partial charge < -0.3 is 15.2 Å². The third kappa shape index (κ3) is 3.41. The van der Waals surface area contributed by atoms with Gasteiger partial charge in [0.25, 0.3) is 0 Å². The van der Waals surface area contributed by atoms with Gasteiger partial charge in [0.1, 0.15) is 6.10 Å². The highest BCUT2D eigenvalue weighted by molar-refractivity contribution is 7.84. The first-order valence-corrected chi connectivity index (χ1v) is 8.55. The number of rotatable bonds is 6. The molecule has 22 heavy (non-hydrogen) atoms. The minimum absolute atomic E-state index is 0.515. The number of para-hydroxylation sites is 1. The maximum atomic E-state index is 11.7. The highest BCUT2D eigenvalue weighted by Crippen LogP contribution is 2.42. The largest absolute Gasteiger partial charge is 0.398 e. The molecule has 1 aliphatic rings. The lowest BCUT2D eigenvalue weighted by atomic mass is 10.1. The Morgan fingerprint density at radius 1 is 1.27 bits per heavy atom. The van der Waals surface area contributed by atoms with Crippen molar-refractivity contribution in [2.75, 3.05) is 12.8 Å². The fraction of sp³-hybridized carbons (Fsp3) is 0.571. The molecule has 124 valence electrons. The minimum Gasteiger partial charge on any atom is -0.398 e. The molecular formula is C14H22N2O5S. The number of benzene rings is 1. The fourth-order valence-electron chi connectivity index (χ4n) is 2.47. The van der Waals surface area contributed by atoms with Gasteiger partial charge in [-0.15, -0.1) is 0 Å². The van der Waals surface area contributed by atoms with Crippen molar-refractivity contribution in [3.8, 4) is 0 Å². The number of nitrogens with two attached hydrogens (primary N) is 1. The number of nitrogen functional groups attached to an aromatic ring is 1. The van der Waals surface area contributed by atoms with E-state index in [9.17, 15) is 8.42 Å². The van der Waals surface area contributed by atoms with Crippen LogP contribution in [0.3, 0.4) is 0 Å². The van der Waals surface area contributed by atoms with Crippen molar-refractivity contribution in [3.05, 3.63) is 29.8 Å². The van der Waals surface area contributed by atoms with Crippen LogP contribution in [0.25, 0.3) is 0 Å². The van der Waals surface area contributed by atoms with E-state index in [1.165, 1.54) is 0 Å². The number of anilines is 1. The zero-order valence-corrected chi connectivity index (χ0v) is 13.7. The van der Waals surface area contributed by atoms with E-state index in [2.05, 4.69) is 8.91 Å². The number of nitrogens with one attached hydrogen (secondary N) is 1. The van der Waals surface area contributed by atoms with Crippen molar-refractivity contribution in [1.29, 1.82) is 0 Å². The summed E-state index contributed by atoms with van der Waals surface area (Å²) in [4.78, 5) is 0. The van der Waals surface area contributed by atoms with Crippen LogP contribution in [0.5, 0.6) is 0 Å². The quantitative estimate of drug-likeness (QED) is 0.770. The summed E-state index contributed by atoms with van der Waals surface area (Å²) < 4.78 is 42.1. The van der Waals surface area contributed by atoms with E-state index in [-0.39, 0.29) is 0 Å². The Bertz CT molecular complexity index is 615. The van der Waals surface area contributed by atoms with E-state index >= 15 is 0 Å². The van der Waals surface area contributed by atoms with Gasteiger partial charge >= 0.3 is 10.3 Å². The van der Waals surface area contributed by atoms with Gasteiger partial charge in [-0.05, 0) is 18.9 Å². The second kappa shape index (κ2) is 6.51. The Morgan fingerprint density at radius 2 is 1.91 bits per heavy atom. The Morgan fingerprint density at radius 3 is 2.45 bits per heavy atom. The van der Waals surface area contributed by atoms with Crippen LogP contribution in [0.2, 0.25) is 0 Å². The van der Waals surface area contributed by atoms with Gasteiger partial charge in [-0.3, -0.25) is 4.18 Å². The van der Waals surface area contributed by atoms with Crippen LogP contribution < -0.4 is 10.5 Å². The first kappa shape index (κ1) is 17.2. The molecule has 0 saturated carbocycles. The first-order valence-electron chi connectivity index (χ1n) is 7.14. The summed E-state index contributed by atoms with van der Waals surface area (Å²) in [6, 6.07) is 7.14. The third-order valence-corrected chi connectivity index (χ3v) is 4.78. The van der Waals surface area contributed by atoms with Gasteiger partial charge in [0.05, 0.1) is 7.11 Å². The highest BCUT2D eigenvalue weighted by atomic mass is 32.2.